The third-order valence-electron chi connectivity index (χ3n) is 8.28. The maximum Gasteiger partial charge on any atom is 0.345 e. The zero-order chi connectivity index (χ0) is 39.6. The highest BCUT2D eigenvalue weighted by atomic mass is 32.2. The average Bonchev–Trinajstić information content (AvgIpc) is 3.55. The molecule has 10 nitrogen and oxygen atoms in total. The molecule has 0 aliphatic carbocycles. The third-order valence-corrected chi connectivity index (χ3v) is 9.36. The highest BCUT2D eigenvalue weighted by Crippen LogP contribution is 2.33. The number of aldehydes is 1. The quantitative estimate of drug-likeness (QED) is 0.0215. The number of carbonyl (C=O) groups excluding carboxylic acids is 4. The minimum atomic E-state index is -2.37. The molecular weight excluding hydrogens is 746 g/mol. The van der Waals surface area contributed by atoms with Gasteiger partial charge in [0.05, 0.1) is 16.9 Å². The summed E-state index contributed by atoms with van der Waals surface area (Å²) in [4.78, 5) is 57.8. The Morgan fingerprint density at radius 1 is 0.927 bits per heavy atom. The Morgan fingerprint density at radius 3 is 2.33 bits per heavy atom. The Bertz CT molecular complexity index is 2220. The van der Waals surface area contributed by atoms with Crippen molar-refractivity contribution >= 4 is 59.0 Å². The number of benzene rings is 3. The molecule has 5 aromatic rings. The molecule has 16 heteroatoms. The van der Waals surface area contributed by atoms with Crippen molar-refractivity contribution in [2.75, 3.05) is 13.1 Å². The van der Waals surface area contributed by atoms with Crippen LogP contribution in [0.2, 0.25) is 0 Å². The van der Waals surface area contributed by atoms with Crippen LogP contribution in [0.4, 0.5) is 26.7 Å². The van der Waals surface area contributed by atoms with Gasteiger partial charge < -0.3 is 15.0 Å². The van der Waals surface area contributed by atoms with Crippen LogP contribution in [0.1, 0.15) is 61.3 Å². The Balaban J connectivity index is 1.23. The molecule has 0 saturated carbocycles. The second kappa shape index (κ2) is 18.4. The maximum atomic E-state index is 14.0. The molecule has 2 aromatic heterocycles. The first-order valence-corrected chi connectivity index (χ1v) is 17.9. The number of carbonyl (C=O) groups is 4. The molecule has 55 heavy (non-hydrogen) atoms. The summed E-state index contributed by atoms with van der Waals surface area (Å²) in [6, 6.07) is 17.1. The Hall–Kier alpha value is -5.90. The summed E-state index contributed by atoms with van der Waals surface area (Å²) in [5.74, 6) is -14.7. The topological polar surface area (TPSA) is 123 Å². The number of aromatic nitrogens is 3. The van der Waals surface area contributed by atoms with Crippen molar-refractivity contribution < 1.29 is 45.9 Å². The normalized spacial score (nSPS) is 11.8. The first-order chi connectivity index (χ1) is 26.4. The SMILES string of the molecule is CCN(CC(=O)NC(C)CCCCC(=O)Oc1c(F)c(F)c(F)c(F)c1F)C(=O)n1nc(/C=C/c2ccccn2)c2ccc(Sc3ccccc3C=O)cc21. The predicted molar refractivity (Wildman–Crippen MR) is 195 cm³/mol. The minimum Gasteiger partial charge on any atom is -0.420 e. The van der Waals surface area contributed by atoms with Gasteiger partial charge in [0.15, 0.2) is 6.29 Å². The maximum absolute atomic E-state index is 14.0. The van der Waals surface area contributed by atoms with Crippen molar-refractivity contribution in [3.8, 4) is 5.75 Å². The summed E-state index contributed by atoms with van der Waals surface area (Å²) >= 11 is 1.35. The van der Waals surface area contributed by atoms with Gasteiger partial charge in [0.1, 0.15) is 6.54 Å². The molecule has 1 N–H and O–H groups in total. The van der Waals surface area contributed by atoms with Crippen LogP contribution in [-0.4, -0.2) is 63.0 Å². The van der Waals surface area contributed by atoms with Crippen LogP contribution >= 0.6 is 11.8 Å². The van der Waals surface area contributed by atoms with E-state index in [0.29, 0.717) is 40.7 Å². The van der Waals surface area contributed by atoms with Crippen molar-refractivity contribution in [2.45, 2.75) is 55.4 Å². The molecule has 1 atom stereocenters. The number of fused-ring (bicyclic) bond motifs is 1. The van der Waals surface area contributed by atoms with Gasteiger partial charge in [-0.1, -0.05) is 42.4 Å². The summed E-state index contributed by atoms with van der Waals surface area (Å²) in [6.45, 7) is 3.26. The fourth-order valence-corrected chi connectivity index (χ4v) is 6.40. The van der Waals surface area contributed by atoms with E-state index in [9.17, 15) is 41.1 Å². The van der Waals surface area contributed by atoms with Gasteiger partial charge in [-0.25, -0.2) is 18.0 Å². The van der Waals surface area contributed by atoms with Crippen molar-refractivity contribution in [1.82, 2.24) is 25.0 Å². The molecule has 0 bridgehead atoms. The van der Waals surface area contributed by atoms with Crippen LogP contribution < -0.4 is 10.1 Å². The number of unbranched alkanes of at least 4 members (excludes halogenated alkanes) is 1. The number of halogens is 5. The third kappa shape index (κ3) is 9.81. The summed E-state index contributed by atoms with van der Waals surface area (Å²) in [7, 11) is 0. The van der Waals surface area contributed by atoms with E-state index >= 15 is 0 Å². The van der Waals surface area contributed by atoms with Crippen molar-refractivity contribution in [1.29, 1.82) is 0 Å². The minimum absolute atomic E-state index is 0.124. The van der Waals surface area contributed by atoms with E-state index in [2.05, 4.69) is 20.1 Å². The molecule has 1 unspecified atom stereocenters. The summed E-state index contributed by atoms with van der Waals surface area (Å²) in [5.41, 5.74) is 2.16. The van der Waals surface area contributed by atoms with E-state index in [1.54, 1.807) is 56.5 Å². The second-order valence-electron chi connectivity index (χ2n) is 12.2. The van der Waals surface area contributed by atoms with Gasteiger partial charge in [-0.3, -0.25) is 19.4 Å². The van der Waals surface area contributed by atoms with E-state index in [-0.39, 0.29) is 25.9 Å². The molecule has 0 aliphatic rings. The van der Waals surface area contributed by atoms with Crippen LogP contribution in [0, 0.1) is 29.1 Å². The molecule has 0 spiro atoms. The number of esters is 1. The highest BCUT2D eigenvalue weighted by molar-refractivity contribution is 7.99. The summed E-state index contributed by atoms with van der Waals surface area (Å²) < 4.78 is 73.4. The molecule has 2 amide bonds. The van der Waals surface area contributed by atoms with E-state index in [4.69, 9.17) is 0 Å². The molecular formula is C39H34F5N5O5S. The number of hydrogen-bond donors (Lipinski definition) is 1. The van der Waals surface area contributed by atoms with Crippen LogP contribution in [0.25, 0.3) is 23.1 Å². The lowest BCUT2D eigenvalue weighted by Gasteiger charge is -2.22. The smallest absolute Gasteiger partial charge is 0.345 e. The predicted octanol–water partition coefficient (Wildman–Crippen LogP) is 8.22. The zero-order valence-corrected chi connectivity index (χ0v) is 30.3. The van der Waals surface area contributed by atoms with Crippen LogP contribution in [-0.2, 0) is 9.59 Å². The summed E-state index contributed by atoms with van der Waals surface area (Å²) in [5, 5.41) is 8.07. The lowest BCUT2D eigenvalue weighted by atomic mass is 10.1. The number of hydrogen-bond acceptors (Lipinski definition) is 8. The first kappa shape index (κ1) is 40.3. The molecule has 286 valence electrons. The Kier molecular flexibility index (Phi) is 13.5. The molecule has 0 fully saturated rings. The van der Waals surface area contributed by atoms with Gasteiger partial charge in [0.2, 0.25) is 40.7 Å². The van der Waals surface area contributed by atoms with Crippen molar-refractivity contribution in [3.05, 3.63) is 113 Å². The molecule has 3 aromatic carbocycles. The standard InChI is InChI=1S/C39H34F5N5O5S/c1-3-48(21-31(51)46-23(2)10-4-7-14-32(52)54-38-36(43)34(41)33(40)35(42)37(38)44)39(53)49-29-20-26(55-30-13-6-5-11-24(30)22-50)16-17-27(29)28(47-49)18-15-25-12-8-9-19-45-25/h5-6,8-9,11-13,15-20,22-23H,3-4,7,10,14,21H2,1-2H3,(H,46,51)/b18-15+. The number of pyridine rings is 1. The van der Waals surface area contributed by atoms with Gasteiger partial charge >= 0.3 is 12.0 Å². The van der Waals surface area contributed by atoms with Crippen molar-refractivity contribution in [2.24, 2.45) is 0 Å². The number of nitrogens with one attached hydrogen (secondary N) is 1. The van der Waals surface area contributed by atoms with Gasteiger partial charge in [-0.15, -0.1) is 0 Å². The fraction of sp³-hybridized carbons (Fsp3) is 0.231. The highest BCUT2D eigenvalue weighted by Gasteiger charge is 2.29. The van der Waals surface area contributed by atoms with Crippen molar-refractivity contribution in [3.63, 3.8) is 0 Å². The Morgan fingerprint density at radius 2 is 1.64 bits per heavy atom. The molecule has 0 saturated heterocycles. The lowest BCUT2D eigenvalue weighted by molar-refractivity contribution is -0.135. The fourth-order valence-electron chi connectivity index (χ4n) is 5.46. The van der Waals surface area contributed by atoms with E-state index in [1.165, 1.54) is 21.3 Å². The van der Waals surface area contributed by atoms with Crippen LogP contribution in [0.15, 0.2) is 76.7 Å². The van der Waals surface area contributed by atoms with Gasteiger partial charge in [0, 0.05) is 45.9 Å². The Labute approximate surface area is 316 Å². The zero-order valence-electron chi connectivity index (χ0n) is 29.5. The van der Waals surface area contributed by atoms with Gasteiger partial charge in [0.25, 0.3) is 0 Å². The summed E-state index contributed by atoms with van der Waals surface area (Å²) in [6.07, 6.45) is 6.35. The lowest BCUT2D eigenvalue weighted by Crippen LogP contribution is -2.45. The number of ether oxygens (including phenoxy) is 1. The molecule has 2 heterocycles. The number of rotatable bonds is 15. The molecule has 5 rings (SSSR count). The second-order valence-corrected chi connectivity index (χ2v) is 13.3. The van der Waals surface area contributed by atoms with Gasteiger partial charge in [-0.05, 0) is 75.2 Å². The largest absolute Gasteiger partial charge is 0.420 e. The monoisotopic (exact) mass is 779 g/mol. The van der Waals surface area contributed by atoms with E-state index < -0.39 is 58.8 Å². The number of amides is 2. The number of likely N-dealkylation sites (N-methyl/N-ethyl adjacent to an activating group) is 1. The number of nitrogens with zero attached hydrogens (tertiary/aromatic N) is 4. The van der Waals surface area contributed by atoms with Crippen LogP contribution in [0.5, 0.6) is 5.75 Å². The molecule has 0 aliphatic heterocycles. The van der Waals surface area contributed by atoms with Crippen LogP contribution in [0.3, 0.4) is 0 Å². The van der Waals surface area contributed by atoms with E-state index in [0.717, 1.165) is 16.1 Å². The molecule has 0 radical (unpaired) electrons. The van der Waals surface area contributed by atoms with E-state index in [1.807, 2.05) is 36.4 Å². The first-order valence-electron chi connectivity index (χ1n) is 17.1. The average molecular weight is 780 g/mol. The van der Waals surface area contributed by atoms with Gasteiger partial charge in [-0.2, -0.15) is 18.6 Å².